The minimum absolute atomic E-state index is 0.0724. The van der Waals surface area contributed by atoms with Crippen LogP contribution in [-0.4, -0.2) is 55.5 Å². The minimum Gasteiger partial charge on any atom is -0.468 e. The van der Waals surface area contributed by atoms with Crippen molar-refractivity contribution < 1.29 is 23.1 Å². The van der Waals surface area contributed by atoms with E-state index in [0.29, 0.717) is 6.54 Å². The number of benzene rings is 1. The predicted octanol–water partition coefficient (Wildman–Crippen LogP) is 2.37. The van der Waals surface area contributed by atoms with Gasteiger partial charge < -0.3 is 10.1 Å². The van der Waals surface area contributed by atoms with E-state index in [9.17, 15) is 18.4 Å². The number of esters is 1. The summed E-state index contributed by atoms with van der Waals surface area (Å²) in [6.45, 7) is 0.501. The van der Waals surface area contributed by atoms with Crippen molar-refractivity contribution in [2.75, 3.05) is 32.7 Å². The number of hydrogen-bond acceptors (Lipinski definition) is 5. The van der Waals surface area contributed by atoms with Crippen LogP contribution in [0.1, 0.15) is 24.4 Å². The number of nitrogens with zero attached hydrogens (tertiary/aromatic N) is 1. The smallest absolute Gasteiger partial charge is 0.323 e. The molecule has 0 aromatic heterocycles. The molecule has 0 bridgehead atoms. The number of halogens is 2. The molecule has 1 heterocycles. The van der Waals surface area contributed by atoms with E-state index in [4.69, 9.17) is 4.74 Å². The molecule has 1 aliphatic rings. The highest BCUT2D eigenvalue weighted by molar-refractivity contribution is 7.98. The number of thioether (sulfide) groups is 1. The molecule has 0 saturated carbocycles. The third-order valence-corrected chi connectivity index (χ3v) is 5.42. The molecule has 3 atom stereocenters. The Morgan fingerprint density at radius 2 is 2.12 bits per heavy atom. The third kappa shape index (κ3) is 4.35. The number of ether oxygens (including phenoxy) is 1. The molecule has 1 aliphatic heterocycles. The number of carbonyl (C=O) groups is 2. The summed E-state index contributed by atoms with van der Waals surface area (Å²) in [6, 6.07) is 2.46. The fraction of sp³-hybridized carbons (Fsp3) is 0.556. The summed E-state index contributed by atoms with van der Waals surface area (Å²) in [5, 5.41) is 2.84. The Bertz CT molecular complexity index is 659. The molecule has 1 saturated heterocycles. The van der Waals surface area contributed by atoms with E-state index >= 15 is 0 Å². The normalized spacial score (nSPS) is 23.0. The van der Waals surface area contributed by atoms with Gasteiger partial charge in [-0.2, -0.15) is 11.8 Å². The zero-order valence-electron chi connectivity index (χ0n) is 15.1. The van der Waals surface area contributed by atoms with E-state index in [2.05, 4.69) is 5.32 Å². The topological polar surface area (TPSA) is 58.6 Å². The number of carbonyl (C=O) groups excluding carboxylic acids is 2. The highest BCUT2D eigenvalue weighted by atomic mass is 32.2. The number of likely N-dealkylation sites (tertiary alicyclic amines) is 1. The van der Waals surface area contributed by atoms with E-state index in [1.54, 1.807) is 23.7 Å². The molecule has 0 spiro atoms. The van der Waals surface area contributed by atoms with Crippen molar-refractivity contribution >= 4 is 23.6 Å². The monoisotopic (exact) mass is 386 g/mol. The van der Waals surface area contributed by atoms with Crippen LogP contribution < -0.4 is 5.32 Å². The summed E-state index contributed by atoms with van der Waals surface area (Å²) >= 11 is 1.68. The van der Waals surface area contributed by atoms with E-state index in [1.165, 1.54) is 19.2 Å². The maximum Gasteiger partial charge on any atom is 0.323 e. The van der Waals surface area contributed by atoms with Gasteiger partial charge in [0.05, 0.1) is 13.0 Å². The highest BCUT2D eigenvalue weighted by Crippen LogP contribution is 2.41. The van der Waals surface area contributed by atoms with Crippen molar-refractivity contribution in [1.29, 1.82) is 0 Å². The zero-order valence-corrected chi connectivity index (χ0v) is 15.9. The molecule has 1 aromatic rings. The molecule has 0 aliphatic carbocycles. The van der Waals surface area contributed by atoms with Crippen LogP contribution in [0.25, 0.3) is 0 Å². The molecule has 0 radical (unpaired) electrons. The van der Waals surface area contributed by atoms with Gasteiger partial charge in [0.15, 0.2) is 11.6 Å². The second-order valence-corrected chi connectivity index (χ2v) is 7.26. The molecule has 1 aromatic carbocycles. The summed E-state index contributed by atoms with van der Waals surface area (Å²) in [7, 11) is 2.89. The summed E-state index contributed by atoms with van der Waals surface area (Å²) in [5.41, 5.74) is 0.0724. The van der Waals surface area contributed by atoms with Gasteiger partial charge in [-0.05, 0) is 38.0 Å². The van der Waals surface area contributed by atoms with Crippen LogP contribution in [0.2, 0.25) is 0 Å². The Labute approximate surface area is 156 Å². The van der Waals surface area contributed by atoms with Gasteiger partial charge in [0.25, 0.3) is 0 Å². The first-order chi connectivity index (χ1) is 12.4. The minimum atomic E-state index is -0.991. The number of rotatable bonds is 7. The van der Waals surface area contributed by atoms with Crippen molar-refractivity contribution in [2.24, 2.45) is 5.92 Å². The van der Waals surface area contributed by atoms with Crippen LogP contribution in [-0.2, 0) is 14.3 Å². The predicted molar refractivity (Wildman–Crippen MR) is 96.8 cm³/mol. The second-order valence-electron chi connectivity index (χ2n) is 6.27. The standard InChI is InChI=1S/C18H24F2N2O3S/c1-22-14(18(24)25-2)10-12(17(23)21-8-5-9-26-3)16(22)11-6-4-7-13(19)15(11)20/h4,6-7,12,14,16H,5,8-10H2,1-3H3,(H,21,23)/t12-,14-,16-/m0/s1. The van der Waals surface area contributed by atoms with Crippen molar-refractivity contribution in [3.05, 3.63) is 35.4 Å². The van der Waals surface area contributed by atoms with E-state index < -0.39 is 35.6 Å². The first kappa shape index (κ1) is 20.6. The average Bonchev–Trinajstić information content (AvgIpc) is 2.97. The molecule has 0 unspecified atom stereocenters. The largest absolute Gasteiger partial charge is 0.468 e. The van der Waals surface area contributed by atoms with Gasteiger partial charge in [0.2, 0.25) is 5.91 Å². The lowest BCUT2D eigenvalue weighted by Gasteiger charge is -2.27. The Morgan fingerprint density at radius 1 is 1.38 bits per heavy atom. The highest BCUT2D eigenvalue weighted by Gasteiger charge is 2.47. The number of methoxy groups -OCH3 is 1. The lowest BCUT2D eigenvalue weighted by Crippen LogP contribution is -2.37. The van der Waals surface area contributed by atoms with Gasteiger partial charge in [0, 0.05) is 18.2 Å². The fourth-order valence-electron chi connectivity index (χ4n) is 3.41. The molecule has 1 N–H and O–H groups in total. The average molecular weight is 386 g/mol. The lowest BCUT2D eigenvalue weighted by atomic mass is 9.91. The van der Waals surface area contributed by atoms with Gasteiger partial charge in [0.1, 0.15) is 6.04 Å². The van der Waals surface area contributed by atoms with Crippen molar-refractivity contribution in [1.82, 2.24) is 10.2 Å². The lowest BCUT2D eigenvalue weighted by molar-refractivity contribution is -0.145. The Kier molecular flexibility index (Phi) is 7.40. The number of nitrogens with one attached hydrogen (secondary N) is 1. The Balaban J connectivity index is 2.28. The second kappa shape index (κ2) is 9.32. The van der Waals surface area contributed by atoms with Crippen LogP contribution in [0.5, 0.6) is 0 Å². The molecule has 1 fully saturated rings. The Hall–Kier alpha value is -1.67. The van der Waals surface area contributed by atoms with Gasteiger partial charge in [-0.15, -0.1) is 0 Å². The van der Waals surface area contributed by atoms with Crippen LogP contribution in [0.15, 0.2) is 18.2 Å². The van der Waals surface area contributed by atoms with Gasteiger partial charge in [-0.25, -0.2) is 8.78 Å². The fourth-order valence-corrected chi connectivity index (χ4v) is 3.84. The van der Waals surface area contributed by atoms with Crippen LogP contribution in [0.3, 0.4) is 0 Å². The molecule has 26 heavy (non-hydrogen) atoms. The van der Waals surface area contributed by atoms with Crippen LogP contribution in [0, 0.1) is 17.6 Å². The van der Waals surface area contributed by atoms with Crippen molar-refractivity contribution in [3.63, 3.8) is 0 Å². The summed E-state index contributed by atoms with van der Waals surface area (Å²) in [4.78, 5) is 26.3. The third-order valence-electron chi connectivity index (χ3n) is 4.72. The molecule has 1 amide bonds. The van der Waals surface area contributed by atoms with Gasteiger partial charge in [-0.1, -0.05) is 12.1 Å². The maximum atomic E-state index is 14.4. The molecule has 2 rings (SSSR count). The number of amides is 1. The van der Waals surface area contributed by atoms with E-state index in [1.807, 2.05) is 6.26 Å². The molecule has 8 heteroatoms. The Morgan fingerprint density at radius 3 is 2.77 bits per heavy atom. The first-order valence-electron chi connectivity index (χ1n) is 8.42. The van der Waals surface area contributed by atoms with Crippen molar-refractivity contribution in [3.8, 4) is 0 Å². The van der Waals surface area contributed by atoms with Crippen LogP contribution >= 0.6 is 11.8 Å². The molecule has 5 nitrogen and oxygen atoms in total. The zero-order chi connectivity index (χ0) is 19.3. The number of likely N-dealkylation sites (N-methyl/N-ethyl adjacent to an activating group) is 1. The summed E-state index contributed by atoms with van der Waals surface area (Å²) in [6.07, 6.45) is 2.99. The number of hydrogen-bond donors (Lipinski definition) is 1. The SMILES string of the molecule is COC(=O)[C@@H]1C[C@H](C(=O)NCCCSC)[C@H](c2cccc(F)c2F)N1C. The molecule has 144 valence electrons. The van der Waals surface area contributed by atoms with E-state index in [0.717, 1.165) is 18.2 Å². The summed E-state index contributed by atoms with van der Waals surface area (Å²) < 4.78 is 32.9. The van der Waals surface area contributed by atoms with Crippen LogP contribution in [0.4, 0.5) is 8.78 Å². The van der Waals surface area contributed by atoms with E-state index in [-0.39, 0.29) is 17.9 Å². The summed E-state index contributed by atoms with van der Waals surface area (Å²) in [5.74, 6) is -2.48. The molecular weight excluding hydrogens is 362 g/mol. The van der Waals surface area contributed by atoms with Crippen molar-refractivity contribution in [2.45, 2.75) is 24.9 Å². The van der Waals surface area contributed by atoms with Gasteiger partial charge in [-0.3, -0.25) is 14.5 Å². The molecular formula is C18H24F2N2O3S. The van der Waals surface area contributed by atoms with Gasteiger partial charge >= 0.3 is 5.97 Å². The quantitative estimate of drug-likeness (QED) is 0.576. The first-order valence-corrected chi connectivity index (χ1v) is 9.82. The maximum absolute atomic E-state index is 14.4.